The summed E-state index contributed by atoms with van der Waals surface area (Å²) in [4.78, 5) is 15.9. The fourth-order valence-corrected chi connectivity index (χ4v) is 3.88. The third-order valence-corrected chi connectivity index (χ3v) is 5.65. The average Bonchev–Trinajstić information content (AvgIpc) is 3.23. The molecule has 1 aromatic heterocycles. The first kappa shape index (κ1) is 20.5. The number of hydrogen-bond donors (Lipinski definition) is 1. The molecule has 2 aromatic rings. The molecule has 0 saturated heterocycles. The zero-order valence-corrected chi connectivity index (χ0v) is 17.2. The number of aromatic hydroxyl groups is 1. The van der Waals surface area contributed by atoms with Crippen LogP contribution >= 0.6 is 11.3 Å². The van der Waals surface area contributed by atoms with Crippen LogP contribution in [0.3, 0.4) is 0 Å². The Balaban J connectivity index is 1.89. The number of aryl methyl sites for hydroxylation is 1. The largest absolute Gasteiger partial charge is 0.507 e. The third kappa shape index (κ3) is 4.44. The van der Waals surface area contributed by atoms with Crippen molar-refractivity contribution >= 4 is 23.2 Å². The van der Waals surface area contributed by atoms with E-state index in [1.165, 1.54) is 0 Å². The highest BCUT2D eigenvalue weighted by molar-refractivity contribution is 7.11. The number of ketones is 1. The van der Waals surface area contributed by atoms with Gasteiger partial charge in [0.05, 0.1) is 24.3 Å². The number of allylic oxidation sites excluding steroid dienone is 1. The minimum atomic E-state index is -0.163. The van der Waals surface area contributed by atoms with Gasteiger partial charge in [-0.25, -0.2) is 0 Å². The van der Waals surface area contributed by atoms with E-state index >= 15 is 0 Å². The lowest BCUT2D eigenvalue weighted by Gasteiger charge is -2.23. The smallest absolute Gasteiger partial charge is 0.232 e. The molecule has 0 atom stereocenters. The van der Waals surface area contributed by atoms with Crippen molar-refractivity contribution in [1.82, 2.24) is 4.90 Å². The molecule has 6 nitrogen and oxygen atoms in total. The first-order valence-electron chi connectivity index (χ1n) is 9.08. The molecule has 150 valence electrons. The van der Waals surface area contributed by atoms with Crippen LogP contribution in [0, 0.1) is 6.92 Å². The Morgan fingerprint density at radius 2 is 1.89 bits per heavy atom. The van der Waals surface area contributed by atoms with Gasteiger partial charge < -0.3 is 19.3 Å². The summed E-state index contributed by atoms with van der Waals surface area (Å²) in [5.74, 6) is 0.669. The zero-order valence-electron chi connectivity index (χ0n) is 16.4. The average molecular weight is 404 g/mol. The summed E-state index contributed by atoms with van der Waals surface area (Å²) in [7, 11) is 3.30. The second-order valence-corrected chi connectivity index (χ2v) is 7.56. The summed E-state index contributed by atoms with van der Waals surface area (Å²) in [6.45, 7) is 4.89. The highest BCUT2D eigenvalue weighted by Crippen LogP contribution is 2.40. The van der Waals surface area contributed by atoms with Crippen LogP contribution in [0.15, 0.2) is 29.3 Å². The Bertz CT molecular complexity index is 866. The number of benzene rings is 1. The van der Waals surface area contributed by atoms with Crippen LogP contribution in [0.5, 0.6) is 11.5 Å². The molecule has 1 N–H and O–H groups in total. The number of rotatable bonds is 9. The van der Waals surface area contributed by atoms with Gasteiger partial charge in [0.25, 0.3) is 0 Å². The summed E-state index contributed by atoms with van der Waals surface area (Å²) in [5.41, 5.74) is 2.18. The molecule has 1 aliphatic heterocycles. The fourth-order valence-electron chi connectivity index (χ4n) is 3.04. The summed E-state index contributed by atoms with van der Waals surface area (Å²) in [6, 6.07) is 5.18. The number of nitrogens with zero attached hydrogens (tertiary/aromatic N) is 1. The molecule has 0 aliphatic carbocycles. The monoisotopic (exact) mass is 403 g/mol. The number of fused-ring (bicyclic) bond motifs is 1. The number of phenolic OH excluding ortho intramolecular Hbond substituents is 1. The quantitative estimate of drug-likeness (QED) is 0.647. The van der Waals surface area contributed by atoms with Gasteiger partial charge >= 0.3 is 0 Å². The van der Waals surface area contributed by atoms with Crippen LogP contribution < -0.4 is 4.74 Å². The molecule has 3 rings (SSSR count). The molecule has 1 aromatic carbocycles. The van der Waals surface area contributed by atoms with Crippen molar-refractivity contribution in [2.24, 2.45) is 0 Å². The van der Waals surface area contributed by atoms with Gasteiger partial charge in [0.2, 0.25) is 5.78 Å². The Hall–Kier alpha value is -2.19. The highest BCUT2D eigenvalue weighted by Gasteiger charge is 2.31. The topological polar surface area (TPSA) is 68.2 Å². The Morgan fingerprint density at radius 3 is 2.50 bits per heavy atom. The molecule has 0 bridgehead atoms. The second kappa shape index (κ2) is 9.34. The maximum absolute atomic E-state index is 12.8. The molecule has 0 spiro atoms. The van der Waals surface area contributed by atoms with Gasteiger partial charge in [0.15, 0.2) is 5.76 Å². The number of carbonyl (C=O) groups excluding carboxylic acids is 1. The van der Waals surface area contributed by atoms with Gasteiger partial charge in [-0.1, -0.05) is 0 Å². The predicted molar refractivity (Wildman–Crippen MR) is 109 cm³/mol. The maximum Gasteiger partial charge on any atom is 0.232 e. The fraction of sp³-hybridized carbons (Fsp3) is 0.381. The number of hydrogen-bond acceptors (Lipinski definition) is 7. The van der Waals surface area contributed by atoms with E-state index in [4.69, 9.17) is 14.2 Å². The lowest BCUT2D eigenvalue weighted by atomic mass is 10.0. The van der Waals surface area contributed by atoms with Gasteiger partial charge in [0.1, 0.15) is 11.5 Å². The van der Waals surface area contributed by atoms with Gasteiger partial charge in [-0.2, -0.15) is 0 Å². The molecule has 28 heavy (non-hydrogen) atoms. The van der Waals surface area contributed by atoms with Crippen LogP contribution in [0.25, 0.3) is 6.08 Å². The number of thiophene rings is 1. The van der Waals surface area contributed by atoms with Crippen molar-refractivity contribution in [3.63, 3.8) is 0 Å². The van der Waals surface area contributed by atoms with Gasteiger partial charge in [0, 0.05) is 44.8 Å². The number of carbonyl (C=O) groups is 1. The maximum atomic E-state index is 12.8. The Kier molecular flexibility index (Phi) is 6.85. The molecule has 7 heteroatoms. The van der Waals surface area contributed by atoms with Crippen molar-refractivity contribution in [3.05, 3.63) is 50.9 Å². The van der Waals surface area contributed by atoms with E-state index in [9.17, 15) is 9.90 Å². The summed E-state index contributed by atoms with van der Waals surface area (Å²) < 4.78 is 16.3. The molecule has 0 fully saturated rings. The molecule has 1 aliphatic rings. The van der Waals surface area contributed by atoms with Crippen molar-refractivity contribution in [2.75, 3.05) is 40.5 Å². The molecule has 0 unspecified atom stereocenters. The van der Waals surface area contributed by atoms with Crippen molar-refractivity contribution in [1.29, 1.82) is 0 Å². The van der Waals surface area contributed by atoms with E-state index in [2.05, 4.69) is 4.90 Å². The van der Waals surface area contributed by atoms with Crippen LogP contribution in [0.2, 0.25) is 0 Å². The normalized spacial score (nSPS) is 14.7. The van der Waals surface area contributed by atoms with Gasteiger partial charge in [-0.3, -0.25) is 9.69 Å². The molecule has 0 amide bonds. The second-order valence-electron chi connectivity index (χ2n) is 6.61. The molecule has 0 radical (unpaired) electrons. The summed E-state index contributed by atoms with van der Waals surface area (Å²) in [6.07, 6.45) is 1.77. The van der Waals surface area contributed by atoms with Crippen LogP contribution in [-0.2, 0) is 16.0 Å². The van der Waals surface area contributed by atoms with E-state index in [1.54, 1.807) is 43.8 Å². The highest BCUT2D eigenvalue weighted by atomic mass is 32.1. The van der Waals surface area contributed by atoms with E-state index in [0.29, 0.717) is 49.7 Å². The predicted octanol–water partition coefficient (Wildman–Crippen LogP) is 3.47. The van der Waals surface area contributed by atoms with E-state index < -0.39 is 0 Å². The van der Waals surface area contributed by atoms with E-state index in [1.807, 2.05) is 18.4 Å². The number of methoxy groups -OCH3 is 2. The minimum Gasteiger partial charge on any atom is -0.507 e. The van der Waals surface area contributed by atoms with Crippen molar-refractivity contribution in [2.45, 2.75) is 13.5 Å². The zero-order chi connectivity index (χ0) is 20.1. The lowest BCUT2D eigenvalue weighted by molar-refractivity contribution is 0.101. The lowest BCUT2D eigenvalue weighted by Crippen LogP contribution is -2.30. The van der Waals surface area contributed by atoms with Gasteiger partial charge in [-0.05, 0) is 36.1 Å². The standard InChI is InChI=1S/C21H25NO5S/c1-14-6-11-28-19(14)12-18-20(24)15-4-5-17(23)16(21(15)27-18)13-22(7-9-25-2)8-10-26-3/h4-6,11-12,23H,7-10,13H2,1-3H3/b18-12-. The summed E-state index contributed by atoms with van der Waals surface area (Å²) >= 11 is 1.56. The minimum absolute atomic E-state index is 0.111. The van der Waals surface area contributed by atoms with Crippen LogP contribution in [0.4, 0.5) is 0 Å². The van der Waals surface area contributed by atoms with Gasteiger partial charge in [-0.15, -0.1) is 11.3 Å². The number of Topliss-reactive ketones (excluding diaryl/α,β-unsaturated/α-hetero) is 1. The third-order valence-electron chi connectivity index (χ3n) is 4.69. The molecular formula is C21H25NO5S. The molecule has 0 saturated carbocycles. The van der Waals surface area contributed by atoms with Crippen molar-refractivity contribution < 1.29 is 24.1 Å². The van der Waals surface area contributed by atoms with Crippen LogP contribution in [-0.4, -0.2) is 56.3 Å². The number of phenols is 1. The van der Waals surface area contributed by atoms with E-state index in [0.717, 1.165) is 10.4 Å². The summed E-state index contributed by atoms with van der Waals surface area (Å²) in [5, 5.41) is 12.4. The van der Waals surface area contributed by atoms with E-state index in [-0.39, 0.29) is 17.3 Å². The van der Waals surface area contributed by atoms with Crippen molar-refractivity contribution in [3.8, 4) is 11.5 Å². The molecular weight excluding hydrogens is 378 g/mol. The number of ether oxygens (including phenoxy) is 3. The Morgan fingerprint density at radius 1 is 1.18 bits per heavy atom. The first-order chi connectivity index (χ1) is 13.5. The molecule has 2 heterocycles. The first-order valence-corrected chi connectivity index (χ1v) is 9.96. The SMILES string of the molecule is COCCN(CCOC)Cc1c(O)ccc2c1O/C(=C\c1sccc1C)C2=O. The van der Waals surface area contributed by atoms with Crippen LogP contribution in [0.1, 0.15) is 26.4 Å². The Labute approximate surface area is 169 Å².